The Hall–Kier alpha value is -3.35. The third-order valence-electron chi connectivity index (χ3n) is 3.49. The fraction of sp³-hybridized carbons (Fsp3) is 0.167. The van der Waals surface area contributed by atoms with Crippen molar-refractivity contribution < 1.29 is 28.6 Å². The van der Waals surface area contributed by atoms with E-state index in [4.69, 9.17) is 14.2 Å². The van der Waals surface area contributed by atoms with Gasteiger partial charge in [0.25, 0.3) is 5.91 Å². The summed E-state index contributed by atoms with van der Waals surface area (Å²) in [4.78, 5) is 35.5. The topological polar surface area (TPSA) is 90.9 Å². The van der Waals surface area contributed by atoms with Gasteiger partial charge in [-0.05, 0) is 18.2 Å². The highest BCUT2D eigenvalue weighted by Crippen LogP contribution is 2.32. The van der Waals surface area contributed by atoms with E-state index in [1.807, 2.05) is 0 Å². The maximum Gasteiger partial charge on any atom is 0.325 e. The quantitative estimate of drug-likeness (QED) is 0.633. The molecule has 0 aromatic heterocycles. The summed E-state index contributed by atoms with van der Waals surface area (Å²) in [5.74, 6) is -0.418. The molecule has 7 heteroatoms. The number of esters is 1. The predicted molar refractivity (Wildman–Crippen MR) is 86.6 cm³/mol. The van der Waals surface area contributed by atoms with Crippen LogP contribution in [0.25, 0.3) is 0 Å². The first-order valence-corrected chi connectivity index (χ1v) is 7.55. The van der Waals surface area contributed by atoms with Crippen molar-refractivity contribution in [2.24, 2.45) is 0 Å². The van der Waals surface area contributed by atoms with Gasteiger partial charge in [0, 0.05) is 11.1 Å². The van der Waals surface area contributed by atoms with Gasteiger partial charge < -0.3 is 19.5 Å². The molecular formula is C18H15NO6. The van der Waals surface area contributed by atoms with Crippen LogP contribution in [0.1, 0.15) is 20.7 Å². The third kappa shape index (κ3) is 4.14. The number of carbonyl (C=O) groups excluding carboxylic acids is 3. The standard InChI is InChI=1S/C18H15NO6/c20-14(12-4-2-1-3-5-12)10-23-17(21)9-19-18(22)13-6-7-15-16(8-13)25-11-24-15/h1-8H,9-11H2,(H,19,22). The van der Waals surface area contributed by atoms with Crippen molar-refractivity contribution in [2.45, 2.75) is 0 Å². The van der Waals surface area contributed by atoms with Crippen molar-refractivity contribution in [3.63, 3.8) is 0 Å². The van der Waals surface area contributed by atoms with Gasteiger partial charge in [0.1, 0.15) is 6.54 Å². The van der Waals surface area contributed by atoms with E-state index in [2.05, 4.69) is 5.32 Å². The second kappa shape index (κ2) is 7.48. The van der Waals surface area contributed by atoms with Crippen molar-refractivity contribution in [1.29, 1.82) is 0 Å². The Kier molecular flexibility index (Phi) is 4.94. The zero-order valence-electron chi connectivity index (χ0n) is 13.2. The molecule has 3 rings (SSSR count). The Bertz CT molecular complexity index is 802. The van der Waals surface area contributed by atoms with Gasteiger partial charge in [0.15, 0.2) is 23.9 Å². The minimum Gasteiger partial charge on any atom is -0.456 e. The molecule has 2 aromatic carbocycles. The number of carbonyl (C=O) groups is 3. The highest BCUT2D eigenvalue weighted by molar-refractivity contribution is 5.99. The molecule has 0 spiro atoms. The lowest BCUT2D eigenvalue weighted by molar-refractivity contribution is -0.141. The average Bonchev–Trinajstić information content (AvgIpc) is 3.12. The second-order valence-electron chi connectivity index (χ2n) is 5.20. The molecule has 0 unspecified atom stereocenters. The predicted octanol–water partition coefficient (Wildman–Crippen LogP) is 1.57. The van der Waals surface area contributed by atoms with Crippen LogP contribution in [-0.4, -0.2) is 37.6 Å². The lowest BCUT2D eigenvalue weighted by atomic mass is 10.1. The molecule has 2 aromatic rings. The van der Waals surface area contributed by atoms with Gasteiger partial charge in [0.05, 0.1) is 0 Å². The van der Waals surface area contributed by atoms with Gasteiger partial charge >= 0.3 is 5.97 Å². The maximum absolute atomic E-state index is 12.0. The average molecular weight is 341 g/mol. The first kappa shape index (κ1) is 16.5. The van der Waals surface area contributed by atoms with Crippen LogP contribution in [0.15, 0.2) is 48.5 Å². The number of nitrogens with one attached hydrogen (secondary N) is 1. The molecule has 0 aliphatic carbocycles. The SMILES string of the molecule is O=C(CNC(=O)c1ccc2c(c1)OCO2)OCC(=O)c1ccccc1. The lowest BCUT2D eigenvalue weighted by Gasteiger charge is -2.07. The number of fused-ring (bicyclic) bond motifs is 1. The summed E-state index contributed by atoms with van der Waals surface area (Å²) in [6, 6.07) is 13.2. The fourth-order valence-corrected chi connectivity index (χ4v) is 2.20. The molecular weight excluding hydrogens is 326 g/mol. The van der Waals surface area contributed by atoms with Crippen LogP contribution >= 0.6 is 0 Å². The van der Waals surface area contributed by atoms with E-state index in [-0.39, 0.29) is 25.7 Å². The summed E-state index contributed by atoms with van der Waals surface area (Å²) < 4.78 is 15.2. The van der Waals surface area contributed by atoms with Crippen LogP contribution in [0.5, 0.6) is 11.5 Å². The molecule has 1 aliphatic rings. The van der Waals surface area contributed by atoms with Crippen molar-refractivity contribution in [3.8, 4) is 11.5 Å². The molecule has 25 heavy (non-hydrogen) atoms. The lowest BCUT2D eigenvalue weighted by Crippen LogP contribution is -2.31. The smallest absolute Gasteiger partial charge is 0.325 e. The summed E-state index contributed by atoms with van der Waals surface area (Å²) in [5.41, 5.74) is 0.789. The number of hydrogen-bond acceptors (Lipinski definition) is 6. The maximum atomic E-state index is 12.0. The Morgan fingerprint density at radius 1 is 0.960 bits per heavy atom. The number of Topliss-reactive ketones (excluding diaryl/α,β-unsaturated/α-hetero) is 1. The molecule has 7 nitrogen and oxygen atoms in total. The van der Waals surface area contributed by atoms with Crippen molar-refractivity contribution >= 4 is 17.7 Å². The zero-order valence-corrected chi connectivity index (χ0v) is 13.2. The van der Waals surface area contributed by atoms with Crippen LogP contribution in [-0.2, 0) is 9.53 Å². The summed E-state index contributed by atoms with van der Waals surface area (Å²) in [6.07, 6.45) is 0. The number of amides is 1. The second-order valence-corrected chi connectivity index (χ2v) is 5.20. The van der Waals surface area contributed by atoms with Crippen LogP contribution in [0.2, 0.25) is 0 Å². The first-order valence-electron chi connectivity index (χ1n) is 7.55. The fourth-order valence-electron chi connectivity index (χ4n) is 2.20. The van der Waals surface area contributed by atoms with E-state index in [9.17, 15) is 14.4 Å². The molecule has 1 N–H and O–H groups in total. The molecule has 0 bridgehead atoms. The molecule has 0 fully saturated rings. The molecule has 1 heterocycles. The van der Waals surface area contributed by atoms with Gasteiger partial charge in [-0.2, -0.15) is 0 Å². The number of ketones is 1. The van der Waals surface area contributed by atoms with E-state index in [0.29, 0.717) is 22.6 Å². The van der Waals surface area contributed by atoms with E-state index in [0.717, 1.165) is 0 Å². The molecule has 1 amide bonds. The first-order chi connectivity index (χ1) is 12.1. The number of ether oxygens (including phenoxy) is 3. The van der Waals surface area contributed by atoms with Gasteiger partial charge in [-0.3, -0.25) is 14.4 Å². The number of benzene rings is 2. The summed E-state index contributed by atoms with van der Waals surface area (Å²) >= 11 is 0. The molecule has 0 radical (unpaired) electrons. The van der Waals surface area contributed by atoms with Gasteiger partial charge in [-0.1, -0.05) is 30.3 Å². The molecule has 128 valence electrons. The monoisotopic (exact) mass is 341 g/mol. The minimum atomic E-state index is -0.696. The normalized spacial score (nSPS) is 11.7. The van der Waals surface area contributed by atoms with Crippen LogP contribution in [0.4, 0.5) is 0 Å². The third-order valence-corrected chi connectivity index (χ3v) is 3.49. The van der Waals surface area contributed by atoms with E-state index < -0.39 is 11.9 Å². The Balaban J connectivity index is 1.46. The molecule has 1 aliphatic heterocycles. The molecule has 0 atom stereocenters. The highest BCUT2D eigenvalue weighted by atomic mass is 16.7. The Labute approximate surface area is 143 Å². The van der Waals surface area contributed by atoms with Gasteiger partial charge in [0.2, 0.25) is 6.79 Å². The van der Waals surface area contributed by atoms with Gasteiger partial charge in [-0.25, -0.2) is 0 Å². The largest absolute Gasteiger partial charge is 0.456 e. The van der Waals surface area contributed by atoms with Crippen molar-refractivity contribution in [1.82, 2.24) is 5.32 Å². The Morgan fingerprint density at radius 3 is 2.52 bits per heavy atom. The summed E-state index contributed by atoms with van der Waals surface area (Å²) in [5, 5.41) is 2.43. The Morgan fingerprint density at radius 2 is 1.72 bits per heavy atom. The van der Waals surface area contributed by atoms with Crippen LogP contribution in [0.3, 0.4) is 0 Å². The number of rotatable bonds is 6. The summed E-state index contributed by atoms with van der Waals surface area (Å²) in [7, 11) is 0. The van der Waals surface area contributed by atoms with E-state index in [1.54, 1.807) is 42.5 Å². The van der Waals surface area contributed by atoms with Gasteiger partial charge in [-0.15, -0.1) is 0 Å². The van der Waals surface area contributed by atoms with Crippen LogP contribution in [0, 0.1) is 0 Å². The summed E-state index contributed by atoms with van der Waals surface area (Å²) in [6.45, 7) is -0.597. The van der Waals surface area contributed by atoms with Crippen molar-refractivity contribution in [2.75, 3.05) is 19.9 Å². The molecule has 0 saturated carbocycles. The van der Waals surface area contributed by atoms with E-state index >= 15 is 0 Å². The molecule has 0 saturated heterocycles. The number of hydrogen-bond donors (Lipinski definition) is 1. The van der Waals surface area contributed by atoms with Crippen molar-refractivity contribution in [3.05, 3.63) is 59.7 Å². The minimum absolute atomic E-state index is 0.113. The zero-order chi connectivity index (χ0) is 17.6. The van der Waals surface area contributed by atoms with Crippen LogP contribution < -0.4 is 14.8 Å². The van der Waals surface area contributed by atoms with E-state index in [1.165, 1.54) is 6.07 Å². The highest BCUT2D eigenvalue weighted by Gasteiger charge is 2.17.